The highest BCUT2D eigenvalue weighted by Gasteiger charge is 2.06. The maximum absolute atomic E-state index is 12.7. The highest BCUT2D eigenvalue weighted by atomic mass is 32.2. The van der Waals surface area contributed by atoms with Gasteiger partial charge < -0.3 is 0 Å². The van der Waals surface area contributed by atoms with E-state index in [2.05, 4.69) is 0 Å². The van der Waals surface area contributed by atoms with Crippen LogP contribution in [0, 0.1) is 0 Å². The van der Waals surface area contributed by atoms with Crippen LogP contribution in [0.1, 0.15) is 0 Å². The van der Waals surface area contributed by atoms with E-state index >= 15 is 0 Å². The van der Waals surface area contributed by atoms with Gasteiger partial charge in [0.15, 0.2) is 11.4 Å². The molecular weight excluding hydrogens is 194 g/mol. The second-order valence-electron chi connectivity index (χ2n) is 2.15. The zero-order chi connectivity index (χ0) is 9.68. The second kappa shape index (κ2) is 4.77. The Labute approximate surface area is 78.5 Å². The fourth-order valence-electron chi connectivity index (χ4n) is 0.687. The van der Waals surface area contributed by atoms with E-state index in [1.54, 1.807) is 30.3 Å². The maximum atomic E-state index is 12.7. The Hall–Kier alpha value is -1.16. The molecule has 0 spiro atoms. The van der Waals surface area contributed by atoms with Crippen LogP contribution in [-0.4, -0.2) is 6.29 Å². The molecule has 0 saturated heterocycles. The van der Waals surface area contributed by atoms with Gasteiger partial charge in [0, 0.05) is 4.90 Å². The van der Waals surface area contributed by atoms with Crippen molar-refractivity contribution in [3.63, 3.8) is 0 Å². The third-order valence-corrected chi connectivity index (χ3v) is 2.12. The molecule has 0 aliphatic heterocycles. The summed E-state index contributed by atoms with van der Waals surface area (Å²) in [6, 6.07) is 8.43. The summed E-state index contributed by atoms with van der Waals surface area (Å²) in [5, 5.41) is -1.11. The van der Waals surface area contributed by atoms with E-state index in [4.69, 9.17) is 0 Å². The first kappa shape index (κ1) is 9.92. The van der Waals surface area contributed by atoms with E-state index in [0.717, 1.165) is 0 Å². The molecule has 0 aliphatic rings. The van der Waals surface area contributed by atoms with Gasteiger partial charge in [-0.2, -0.15) is 8.78 Å². The molecule has 0 aliphatic carbocycles. The third kappa shape index (κ3) is 2.99. The first-order valence-corrected chi connectivity index (χ1v) is 4.29. The predicted octanol–water partition coefficient (Wildman–Crippen LogP) is 3.09. The van der Waals surface area contributed by atoms with Gasteiger partial charge in [0.1, 0.15) is 0 Å². The molecule has 0 atom stereocenters. The van der Waals surface area contributed by atoms with Crippen LogP contribution < -0.4 is 0 Å². The minimum absolute atomic E-state index is 0.148. The van der Waals surface area contributed by atoms with Crippen LogP contribution in [0.3, 0.4) is 0 Å². The number of halogens is 2. The Morgan fingerprint density at radius 1 is 1.23 bits per heavy atom. The molecule has 0 aromatic heterocycles. The highest BCUT2D eigenvalue weighted by molar-refractivity contribution is 8.02. The van der Waals surface area contributed by atoms with Gasteiger partial charge in [-0.05, 0) is 12.1 Å². The van der Waals surface area contributed by atoms with Crippen LogP contribution in [0.2, 0.25) is 0 Å². The number of allylic oxidation sites excluding steroid dienone is 1. The summed E-state index contributed by atoms with van der Waals surface area (Å²) >= 11 is 0.583. The number of aldehydes is 1. The lowest BCUT2D eigenvalue weighted by molar-refractivity contribution is -0.106. The summed E-state index contributed by atoms with van der Waals surface area (Å²) in [5.74, 6) is -1.37. The first-order chi connectivity index (χ1) is 6.24. The molecule has 0 fully saturated rings. The van der Waals surface area contributed by atoms with Crippen LogP contribution in [0.15, 0.2) is 46.2 Å². The number of carbonyl (C=O) groups excluding carboxylic acids is 1. The summed E-state index contributed by atoms with van der Waals surface area (Å²) in [5.41, 5.74) is 0. The Morgan fingerprint density at radius 2 is 1.85 bits per heavy atom. The normalized spacial score (nSPS) is 12.2. The van der Waals surface area contributed by atoms with Crippen molar-refractivity contribution in [2.45, 2.75) is 4.90 Å². The number of carbonyl (C=O) groups is 1. The van der Waals surface area contributed by atoms with Crippen molar-refractivity contribution in [2.75, 3.05) is 0 Å². The van der Waals surface area contributed by atoms with Crippen molar-refractivity contribution in [3.8, 4) is 0 Å². The molecule has 0 saturated carbocycles. The molecule has 13 heavy (non-hydrogen) atoms. The molecule has 0 N–H and O–H groups in total. The van der Waals surface area contributed by atoms with Gasteiger partial charge in [0.2, 0.25) is 5.83 Å². The lowest BCUT2D eigenvalue weighted by Gasteiger charge is -1.96. The van der Waals surface area contributed by atoms with Gasteiger partial charge in [-0.25, -0.2) is 0 Å². The number of thioether (sulfide) groups is 1. The molecule has 1 rings (SSSR count). The second-order valence-corrected chi connectivity index (χ2v) is 3.19. The van der Waals surface area contributed by atoms with Crippen LogP contribution in [0.25, 0.3) is 0 Å². The van der Waals surface area contributed by atoms with E-state index in [-0.39, 0.29) is 6.29 Å². The summed E-state index contributed by atoms with van der Waals surface area (Å²) in [7, 11) is 0. The van der Waals surface area contributed by atoms with Gasteiger partial charge in [0.05, 0.1) is 0 Å². The highest BCUT2D eigenvalue weighted by Crippen LogP contribution is 2.29. The average molecular weight is 200 g/mol. The SMILES string of the molecule is O=C/C(F)=C(/F)Sc1ccccc1. The van der Waals surface area contributed by atoms with Gasteiger partial charge in [-0.15, -0.1) is 0 Å². The molecule has 0 unspecified atom stereocenters. The van der Waals surface area contributed by atoms with Crippen LogP contribution in [0.5, 0.6) is 0 Å². The van der Waals surface area contributed by atoms with E-state index in [1.165, 1.54) is 0 Å². The molecule has 0 heterocycles. The first-order valence-electron chi connectivity index (χ1n) is 3.47. The van der Waals surface area contributed by atoms with Gasteiger partial charge >= 0.3 is 0 Å². The van der Waals surface area contributed by atoms with E-state index in [1.807, 2.05) is 0 Å². The van der Waals surface area contributed by atoms with Crippen molar-refractivity contribution in [1.29, 1.82) is 0 Å². The average Bonchev–Trinajstić information content (AvgIpc) is 2.18. The molecule has 0 amide bonds. The molecular formula is C9H6F2OS. The number of benzene rings is 1. The number of hydrogen-bond acceptors (Lipinski definition) is 2. The molecule has 68 valence electrons. The molecule has 0 bridgehead atoms. The van der Waals surface area contributed by atoms with Crippen LogP contribution in [0.4, 0.5) is 8.78 Å². The molecule has 4 heteroatoms. The van der Waals surface area contributed by atoms with Crippen molar-refractivity contribution in [3.05, 3.63) is 41.3 Å². The van der Waals surface area contributed by atoms with Crippen molar-refractivity contribution in [1.82, 2.24) is 0 Å². The summed E-state index contributed by atoms with van der Waals surface area (Å²) in [6.07, 6.45) is -0.148. The lowest BCUT2D eigenvalue weighted by Crippen LogP contribution is -1.78. The molecule has 1 nitrogen and oxygen atoms in total. The number of hydrogen-bond donors (Lipinski definition) is 0. The maximum Gasteiger partial charge on any atom is 0.205 e. The Kier molecular flexibility index (Phi) is 3.64. The largest absolute Gasteiger partial charge is 0.295 e. The Balaban J connectivity index is 2.76. The zero-order valence-corrected chi connectivity index (χ0v) is 7.35. The third-order valence-electron chi connectivity index (χ3n) is 1.24. The monoisotopic (exact) mass is 200 g/mol. The predicted molar refractivity (Wildman–Crippen MR) is 47.6 cm³/mol. The zero-order valence-electron chi connectivity index (χ0n) is 6.54. The Morgan fingerprint density at radius 3 is 2.38 bits per heavy atom. The summed E-state index contributed by atoms with van der Waals surface area (Å²) < 4.78 is 25.0. The minimum atomic E-state index is -1.37. The van der Waals surface area contributed by atoms with E-state index in [0.29, 0.717) is 16.7 Å². The van der Waals surface area contributed by atoms with Crippen molar-refractivity contribution < 1.29 is 13.6 Å². The number of rotatable bonds is 3. The molecule has 1 aromatic carbocycles. The van der Waals surface area contributed by atoms with Crippen molar-refractivity contribution in [2.24, 2.45) is 0 Å². The topological polar surface area (TPSA) is 17.1 Å². The standard InChI is InChI=1S/C9H6F2OS/c10-8(6-12)9(11)13-7-4-2-1-3-5-7/h1-6H/b9-8+. The fourth-order valence-corrected chi connectivity index (χ4v) is 1.33. The van der Waals surface area contributed by atoms with Gasteiger partial charge in [0.25, 0.3) is 0 Å². The van der Waals surface area contributed by atoms with E-state index < -0.39 is 11.0 Å². The fraction of sp³-hybridized carbons (Fsp3) is 0. The summed E-state index contributed by atoms with van der Waals surface area (Å²) in [6.45, 7) is 0. The lowest BCUT2D eigenvalue weighted by atomic mass is 10.4. The summed E-state index contributed by atoms with van der Waals surface area (Å²) in [4.78, 5) is 10.4. The van der Waals surface area contributed by atoms with Gasteiger partial charge in [-0.3, -0.25) is 4.79 Å². The Bertz CT molecular complexity index is 322. The molecule has 1 aromatic rings. The van der Waals surface area contributed by atoms with E-state index in [9.17, 15) is 13.6 Å². The van der Waals surface area contributed by atoms with Crippen molar-refractivity contribution >= 4 is 18.0 Å². The van der Waals surface area contributed by atoms with Gasteiger partial charge in [-0.1, -0.05) is 30.0 Å². The molecule has 0 radical (unpaired) electrons. The van der Waals surface area contributed by atoms with Crippen LogP contribution in [-0.2, 0) is 4.79 Å². The quantitative estimate of drug-likeness (QED) is 0.423. The smallest absolute Gasteiger partial charge is 0.205 e. The minimum Gasteiger partial charge on any atom is -0.295 e. The van der Waals surface area contributed by atoms with Crippen LogP contribution >= 0.6 is 11.8 Å².